The number of nitrogens with one attached hydrogen (secondary N) is 2. The highest BCUT2D eigenvalue weighted by Crippen LogP contribution is 2.37. The van der Waals surface area contributed by atoms with Crippen molar-refractivity contribution in [2.45, 2.75) is 28.2 Å². The van der Waals surface area contributed by atoms with Crippen LogP contribution >= 0.6 is 81.5 Å². The molecule has 5 aliphatic heterocycles. The van der Waals surface area contributed by atoms with Crippen molar-refractivity contribution in [3.63, 3.8) is 0 Å². The molecule has 0 amide bonds. The van der Waals surface area contributed by atoms with E-state index >= 15 is 0 Å². The van der Waals surface area contributed by atoms with Gasteiger partial charge in [-0.15, -0.1) is 81.5 Å². The average Bonchev–Trinajstić information content (AvgIpc) is 0.509. The molecule has 0 unspecified atom stereocenters. The van der Waals surface area contributed by atoms with Gasteiger partial charge in [0.1, 0.15) is 28.2 Å². The van der Waals surface area contributed by atoms with E-state index < -0.39 is 0 Å². The second-order valence-electron chi connectivity index (χ2n) is 23.9. The lowest BCUT2D eigenvalue weighted by Gasteiger charge is -2.16. The number of nitrogens with zero attached hydrogens (tertiary/aromatic N) is 11. The molecule has 0 spiro atoms. The number of anilines is 5. The first kappa shape index (κ1) is 79.4. The van der Waals surface area contributed by atoms with E-state index in [0.717, 1.165) is 102 Å². The van der Waals surface area contributed by atoms with Crippen LogP contribution in [0.5, 0.6) is 0 Å². The molecule has 0 atom stereocenters. The molecule has 15 nitrogen and oxygen atoms in total. The molecule has 514 valence electrons. The van der Waals surface area contributed by atoms with Gasteiger partial charge in [0, 0.05) is 102 Å². The maximum absolute atomic E-state index is 7.67. The third kappa shape index (κ3) is 18.5. The summed E-state index contributed by atoms with van der Waals surface area (Å²) in [4.78, 5) is 39.8. The first-order chi connectivity index (χ1) is 44.9. The largest absolute Gasteiger partial charge is 1.00 e. The second-order valence-corrected chi connectivity index (χ2v) is 29.3. The number of aryl methyl sites for hydroxylation is 3. The van der Waals surface area contributed by atoms with Crippen molar-refractivity contribution >= 4 is 161 Å². The van der Waals surface area contributed by atoms with Crippen molar-refractivity contribution in [2.75, 3.05) is 104 Å². The monoisotopic (exact) mass is 1490 g/mol. The minimum absolute atomic E-state index is 0. The molecule has 0 bridgehead atoms. The summed E-state index contributed by atoms with van der Waals surface area (Å²) < 4.78 is 10.0. The number of rotatable bonds is 3. The lowest BCUT2D eigenvalue weighted by Crippen LogP contribution is -3.00. The summed E-state index contributed by atoms with van der Waals surface area (Å²) in [5.41, 5.74) is 30.6. The van der Waals surface area contributed by atoms with Gasteiger partial charge in [0.05, 0.1) is 120 Å². The Bertz CT molecular complexity index is 5540. The van der Waals surface area contributed by atoms with Gasteiger partial charge in [-0.05, 0) is 177 Å². The minimum Gasteiger partial charge on any atom is -1.00 e. The van der Waals surface area contributed by atoms with Crippen LogP contribution in [0, 0.1) is 31.6 Å². The van der Waals surface area contributed by atoms with E-state index in [-0.39, 0.29) is 57.1 Å². The maximum Gasteiger partial charge on any atom is 0.201 e. The molecule has 10 aliphatic rings. The summed E-state index contributed by atoms with van der Waals surface area (Å²) >= 11 is 8.63. The molecule has 0 saturated heterocycles. The molecule has 5 aliphatic carbocycles. The van der Waals surface area contributed by atoms with Crippen molar-refractivity contribution in [2.24, 2.45) is 4.99 Å². The lowest BCUT2D eigenvalue weighted by atomic mass is 10.1. The fourth-order valence-corrected chi connectivity index (χ4v) is 15.6. The number of halogens is 4. The number of benzene rings is 10. The van der Waals surface area contributed by atoms with Crippen molar-refractivity contribution in [3.8, 4) is 52.9 Å². The van der Waals surface area contributed by atoms with Crippen LogP contribution in [0.4, 0.5) is 28.4 Å². The summed E-state index contributed by atoms with van der Waals surface area (Å²) in [6.45, 7) is 6.30. The SMILES string of the molecule is C.CN(C)c1ccc2nc3ccc(=N)cc-3sc2c1.CN=c1ccc2nc3ccc(N(C)C)cc3sc-2c1.Cc1cc(=[N+](C)C)cc2sc3cc(N(C)C)cc(C)c3nc1-2.Cc1cc2nc3ccc(=[N+](C)C)cc-3sc2cc1N.Cl.Cl.N=c1ccc2nc3ccc(N)cc3sc-2c1.[Cl-].[Cl-]. The zero-order valence-corrected chi connectivity index (χ0v) is 64.0. The van der Waals surface area contributed by atoms with Crippen LogP contribution in [0.15, 0.2) is 169 Å². The number of aromatic nitrogens is 5. The van der Waals surface area contributed by atoms with E-state index in [1.54, 1.807) is 57.5 Å². The van der Waals surface area contributed by atoms with E-state index in [1.807, 2.05) is 128 Å². The van der Waals surface area contributed by atoms with Crippen LogP contribution in [0.1, 0.15) is 24.1 Å². The van der Waals surface area contributed by atoms with E-state index in [4.69, 9.17) is 37.2 Å². The second kappa shape index (κ2) is 34.0. The molecule has 0 radical (unpaired) electrons. The van der Waals surface area contributed by atoms with Gasteiger partial charge in [-0.1, -0.05) is 7.43 Å². The molecule has 0 fully saturated rings. The Balaban J connectivity index is 0.000000193. The van der Waals surface area contributed by atoms with Crippen LogP contribution in [-0.4, -0.2) is 102 Å². The number of fused-ring (bicyclic) bond motifs is 10. The highest BCUT2D eigenvalue weighted by molar-refractivity contribution is 7.23. The summed E-state index contributed by atoms with van der Waals surface area (Å²) in [7, 11) is 22.4. The van der Waals surface area contributed by atoms with Crippen molar-refractivity contribution in [1.82, 2.24) is 34.1 Å². The van der Waals surface area contributed by atoms with Crippen LogP contribution in [0.3, 0.4) is 0 Å². The molecule has 6 N–H and O–H groups in total. The zero-order chi connectivity index (χ0) is 66.8. The van der Waals surface area contributed by atoms with Crippen LogP contribution < -0.4 is 86.9 Å². The number of nitrogens with two attached hydrogens (primary N) is 2. The first-order valence-corrected chi connectivity index (χ1v) is 34.3. The molecular formula is C75H81Cl4N15S5. The van der Waals surface area contributed by atoms with Gasteiger partial charge in [-0.25, -0.2) is 34.1 Å². The normalized spacial score (nSPS) is 10.7. The van der Waals surface area contributed by atoms with Crippen molar-refractivity contribution in [3.05, 3.63) is 207 Å². The highest BCUT2D eigenvalue weighted by atomic mass is 35.5. The molecule has 5 heterocycles. The number of hydrogen-bond donors (Lipinski definition) is 4. The Kier molecular flexibility index (Phi) is 27.3. The summed E-state index contributed by atoms with van der Waals surface area (Å²) in [5, 5.41) is 19.7. The Morgan fingerprint density at radius 1 is 0.394 bits per heavy atom. The predicted octanol–water partition coefficient (Wildman–Crippen LogP) is 9.33. The Morgan fingerprint density at radius 3 is 1.32 bits per heavy atom. The van der Waals surface area contributed by atoms with Gasteiger partial charge >= 0.3 is 0 Å². The molecule has 15 rings (SSSR count). The highest BCUT2D eigenvalue weighted by Gasteiger charge is 2.17. The standard InChI is InChI=1S/C18H22N3S.2C15H15N3S.C14H13N3S.C12H9N3S.CH4.4ClH/c1-11-7-13(20(3)4)9-15-17(11)19-18-12(2)8-14(21(5)6)10-16(18)22-15;1-16-10-4-6-12-14(8-10)19-15-9-11(18(2)3)5-7-13(15)17-12;1-9-6-13-15(8-11(9)16)19-14-7-10(18(2)3)4-5-12(14)17-13;1-17(2)10-4-6-12-14(8-10)18-13-7-9(15)3-5-11(13)16-12;13-7-1-3-9-11(5-7)16-12-6-8(14)2-4-10(12)15-9;;;;;/h7-10H,1-6H3;4-9H,1-3H3;4-8,16H,1-3H3;3-8,15H,1-2H3;1-6,13H,14H2;1H4;4*1H/q+1;;;;;;;;;/p-1. The van der Waals surface area contributed by atoms with E-state index in [0.29, 0.717) is 10.7 Å². The van der Waals surface area contributed by atoms with Gasteiger partial charge in [0.15, 0.2) is 0 Å². The molecule has 5 aromatic carbocycles. The van der Waals surface area contributed by atoms with Crippen LogP contribution in [0.2, 0.25) is 0 Å². The van der Waals surface area contributed by atoms with Crippen LogP contribution in [-0.2, 0) is 0 Å². The van der Waals surface area contributed by atoms with E-state index in [2.05, 4.69) is 172 Å². The maximum atomic E-state index is 7.67. The smallest absolute Gasteiger partial charge is 0.201 e. The lowest BCUT2D eigenvalue weighted by molar-refractivity contribution is -0.00100. The van der Waals surface area contributed by atoms with Gasteiger partial charge < -0.3 is 61.8 Å². The van der Waals surface area contributed by atoms with Gasteiger partial charge in [-0.2, -0.15) is 0 Å². The summed E-state index contributed by atoms with van der Waals surface area (Å²) in [6.07, 6.45) is 0. The Labute approximate surface area is 622 Å². The third-order valence-electron chi connectivity index (χ3n) is 15.7. The van der Waals surface area contributed by atoms with Crippen molar-refractivity contribution < 1.29 is 24.8 Å². The number of hydrogen-bond acceptors (Lipinski definition) is 18. The van der Waals surface area contributed by atoms with Crippen molar-refractivity contribution in [1.29, 1.82) is 10.8 Å². The Morgan fingerprint density at radius 2 is 0.818 bits per heavy atom. The topological polar surface area (TPSA) is 192 Å². The Hall–Kier alpha value is -8.54. The molecule has 0 saturated carbocycles. The predicted molar refractivity (Wildman–Crippen MR) is 426 cm³/mol. The van der Waals surface area contributed by atoms with E-state index in [9.17, 15) is 0 Å². The molecule has 99 heavy (non-hydrogen) atoms. The fourth-order valence-electron chi connectivity index (χ4n) is 10.3. The number of nitrogen functional groups attached to an aromatic ring is 2. The summed E-state index contributed by atoms with van der Waals surface area (Å²) in [5.74, 6) is 0. The molecule has 24 heteroatoms. The third-order valence-corrected chi connectivity index (χ3v) is 21.1. The summed E-state index contributed by atoms with van der Waals surface area (Å²) in [6, 6.07) is 54.8. The molecular weight excluding hydrogens is 1410 g/mol. The minimum atomic E-state index is 0. The molecule has 5 aromatic rings. The molecule has 0 aromatic heterocycles. The van der Waals surface area contributed by atoms with Crippen LogP contribution in [0.25, 0.3) is 104 Å². The first-order valence-electron chi connectivity index (χ1n) is 30.2. The average molecular weight is 1490 g/mol. The zero-order valence-electron chi connectivity index (χ0n) is 56.8. The quantitative estimate of drug-likeness (QED) is 0.0753. The van der Waals surface area contributed by atoms with E-state index in [1.165, 1.54) is 62.9 Å². The van der Waals surface area contributed by atoms with Gasteiger partial charge in [0.2, 0.25) is 10.7 Å². The van der Waals surface area contributed by atoms with Gasteiger partial charge in [0.25, 0.3) is 0 Å². The fraction of sp³-hybridized carbons (Fsp3) is 0.200. The van der Waals surface area contributed by atoms with Gasteiger partial charge in [-0.3, -0.25) is 4.99 Å².